The van der Waals surface area contributed by atoms with E-state index in [-0.39, 0.29) is 6.04 Å². The number of thiazole rings is 1. The molecule has 2 aromatic heterocycles. The van der Waals surface area contributed by atoms with Crippen LogP contribution in [0.15, 0.2) is 42.5 Å². The van der Waals surface area contributed by atoms with E-state index >= 15 is 0 Å². The molecule has 4 rings (SSSR count). The maximum absolute atomic E-state index is 5.64. The van der Waals surface area contributed by atoms with E-state index in [1.165, 1.54) is 20.7 Å². The van der Waals surface area contributed by atoms with E-state index < -0.39 is 0 Å². The first kappa shape index (κ1) is 18.9. The van der Waals surface area contributed by atoms with Crippen molar-refractivity contribution >= 4 is 33.8 Å². The average molecular weight is 412 g/mol. The molecule has 2 atom stereocenters. The van der Waals surface area contributed by atoms with Gasteiger partial charge in [0.2, 0.25) is 4.77 Å². The second kappa shape index (κ2) is 7.54. The SMILES string of the molecule is Cc1cc(C)cc(-n2nnn(C[NH+](C)[C@@H](C)c3nc4ccccc4s3)c2=S)c1. The number of aromatic nitrogens is 5. The van der Waals surface area contributed by atoms with Gasteiger partial charge in [-0.25, -0.2) is 4.98 Å². The van der Waals surface area contributed by atoms with Gasteiger partial charge >= 0.3 is 0 Å². The minimum absolute atomic E-state index is 0.227. The molecule has 0 aliphatic heterocycles. The fraction of sp³-hybridized carbons (Fsp3) is 0.300. The number of benzene rings is 2. The van der Waals surface area contributed by atoms with Crippen LogP contribution in [0.5, 0.6) is 0 Å². The lowest BCUT2D eigenvalue weighted by Gasteiger charge is -2.19. The summed E-state index contributed by atoms with van der Waals surface area (Å²) in [5, 5.41) is 9.70. The van der Waals surface area contributed by atoms with Gasteiger partial charge in [0.1, 0.15) is 6.04 Å². The van der Waals surface area contributed by atoms with Crippen LogP contribution < -0.4 is 4.90 Å². The summed E-state index contributed by atoms with van der Waals surface area (Å²) in [5.41, 5.74) is 4.36. The number of para-hydroxylation sites is 1. The van der Waals surface area contributed by atoms with Crippen molar-refractivity contribution in [1.29, 1.82) is 0 Å². The molecule has 0 aliphatic rings. The summed E-state index contributed by atoms with van der Waals surface area (Å²) >= 11 is 7.39. The van der Waals surface area contributed by atoms with Gasteiger partial charge in [0, 0.05) is 0 Å². The number of rotatable bonds is 5. The zero-order chi connectivity index (χ0) is 19.8. The topological polar surface area (TPSA) is 53.0 Å². The smallest absolute Gasteiger partial charge is 0.225 e. The predicted molar refractivity (Wildman–Crippen MR) is 115 cm³/mol. The second-order valence-corrected chi connectivity index (χ2v) is 8.69. The minimum Gasteiger partial charge on any atom is -0.311 e. The van der Waals surface area contributed by atoms with Crippen molar-refractivity contribution < 1.29 is 4.90 Å². The van der Waals surface area contributed by atoms with Gasteiger partial charge in [0.15, 0.2) is 11.7 Å². The lowest BCUT2D eigenvalue weighted by atomic mass is 10.1. The fourth-order valence-electron chi connectivity index (χ4n) is 3.27. The molecule has 0 bridgehead atoms. The molecule has 8 heteroatoms. The van der Waals surface area contributed by atoms with E-state index in [1.807, 2.05) is 6.07 Å². The van der Waals surface area contributed by atoms with E-state index in [1.54, 1.807) is 20.7 Å². The molecule has 4 aromatic rings. The number of hydrogen-bond donors (Lipinski definition) is 1. The zero-order valence-electron chi connectivity index (χ0n) is 16.4. The Morgan fingerprint density at radius 2 is 1.82 bits per heavy atom. The number of tetrazole rings is 1. The summed E-state index contributed by atoms with van der Waals surface area (Å²) in [6.45, 7) is 6.95. The summed E-state index contributed by atoms with van der Waals surface area (Å²) in [5.74, 6) is 0. The molecule has 28 heavy (non-hydrogen) atoms. The zero-order valence-corrected chi connectivity index (χ0v) is 18.0. The summed E-state index contributed by atoms with van der Waals surface area (Å²) in [4.78, 5) is 6.04. The molecule has 0 radical (unpaired) electrons. The summed E-state index contributed by atoms with van der Waals surface area (Å²) in [6, 6.07) is 14.8. The van der Waals surface area contributed by atoms with E-state index in [9.17, 15) is 0 Å². The van der Waals surface area contributed by atoms with Gasteiger partial charge in [-0.05, 0) is 78.8 Å². The van der Waals surface area contributed by atoms with Gasteiger partial charge in [0.05, 0.1) is 23.0 Å². The Morgan fingerprint density at radius 3 is 2.54 bits per heavy atom. The van der Waals surface area contributed by atoms with Gasteiger partial charge < -0.3 is 4.90 Å². The van der Waals surface area contributed by atoms with Gasteiger partial charge in [-0.15, -0.1) is 11.3 Å². The molecule has 0 spiro atoms. The molecule has 1 N–H and O–H groups in total. The van der Waals surface area contributed by atoms with E-state index in [4.69, 9.17) is 17.2 Å². The Bertz CT molecular complexity index is 1140. The van der Waals surface area contributed by atoms with Crippen molar-refractivity contribution in [1.82, 2.24) is 24.8 Å². The number of hydrogen-bond acceptors (Lipinski definition) is 5. The highest BCUT2D eigenvalue weighted by Gasteiger charge is 2.21. The van der Waals surface area contributed by atoms with Crippen LogP contribution in [-0.2, 0) is 6.67 Å². The number of nitrogens with one attached hydrogen (secondary N) is 1. The summed E-state index contributed by atoms with van der Waals surface area (Å²) in [7, 11) is 2.13. The van der Waals surface area contributed by atoms with Crippen molar-refractivity contribution in [3.05, 3.63) is 63.4 Å². The molecule has 0 fully saturated rings. The monoisotopic (exact) mass is 411 g/mol. The average Bonchev–Trinajstić information content (AvgIpc) is 3.24. The first-order chi connectivity index (χ1) is 13.4. The van der Waals surface area contributed by atoms with Crippen LogP contribution in [0, 0.1) is 18.6 Å². The largest absolute Gasteiger partial charge is 0.311 e. The van der Waals surface area contributed by atoms with E-state index in [0.717, 1.165) is 16.2 Å². The van der Waals surface area contributed by atoms with E-state index in [0.29, 0.717) is 11.4 Å². The van der Waals surface area contributed by atoms with Crippen LogP contribution in [0.2, 0.25) is 0 Å². The number of quaternary nitrogens is 1. The molecule has 0 saturated carbocycles. The highest BCUT2D eigenvalue weighted by atomic mass is 32.1. The quantitative estimate of drug-likeness (QED) is 0.512. The normalized spacial score (nSPS) is 13.7. The molecule has 2 aromatic carbocycles. The van der Waals surface area contributed by atoms with Crippen molar-refractivity contribution in [2.45, 2.75) is 33.5 Å². The molecule has 6 nitrogen and oxygen atoms in total. The predicted octanol–water partition coefficient (Wildman–Crippen LogP) is 3.26. The van der Waals surface area contributed by atoms with E-state index in [2.05, 4.69) is 74.6 Å². The maximum Gasteiger partial charge on any atom is 0.225 e. The Kier molecular flexibility index (Phi) is 5.09. The Hall–Kier alpha value is -2.42. The minimum atomic E-state index is 0.227. The third-order valence-electron chi connectivity index (χ3n) is 4.91. The van der Waals surface area contributed by atoms with Crippen LogP contribution in [-0.4, -0.2) is 31.8 Å². The van der Waals surface area contributed by atoms with Crippen LogP contribution in [0.3, 0.4) is 0 Å². The van der Waals surface area contributed by atoms with Crippen molar-refractivity contribution in [3.63, 3.8) is 0 Å². The maximum atomic E-state index is 5.64. The molecular weight excluding hydrogens is 388 g/mol. The Labute approximate surface area is 173 Å². The first-order valence-corrected chi connectivity index (χ1v) is 10.4. The summed E-state index contributed by atoms with van der Waals surface area (Å²) < 4.78 is 5.33. The van der Waals surface area contributed by atoms with Crippen molar-refractivity contribution in [2.75, 3.05) is 7.05 Å². The Morgan fingerprint density at radius 1 is 1.11 bits per heavy atom. The van der Waals surface area contributed by atoms with Crippen LogP contribution >= 0.6 is 23.6 Å². The third kappa shape index (κ3) is 3.63. The molecule has 2 heterocycles. The van der Waals surface area contributed by atoms with Gasteiger partial charge in [-0.2, -0.15) is 9.36 Å². The van der Waals surface area contributed by atoms with Crippen LogP contribution in [0.4, 0.5) is 0 Å². The fourth-order valence-corrected chi connectivity index (χ4v) is 4.62. The van der Waals surface area contributed by atoms with Crippen molar-refractivity contribution in [2.24, 2.45) is 0 Å². The summed E-state index contributed by atoms with van der Waals surface area (Å²) in [6.07, 6.45) is 0. The highest BCUT2D eigenvalue weighted by Crippen LogP contribution is 2.24. The molecule has 144 valence electrons. The second-order valence-electron chi connectivity index (χ2n) is 7.26. The molecular formula is C20H23N6S2+. The molecule has 0 saturated heterocycles. The van der Waals surface area contributed by atoms with Gasteiger partial charge in [0.25, 0.3) is 0 Å². The van der Waals surface area contributed by atoms with Gasteiger partial charge in [-0.1, -0.05) is 18.2 Å². The first-order valence-electron chi connectivity index (χ1n) is 9.21. The number of fused-ring (bicyclic) bond motifs is 1. The lowest BCUT2D eigenvalue weighted by Crippen LogP contribution is -3.08. The van der Waals surface area contributed by atoms with Crippen LogP contribution in [0.1, 0.15) is 29.1 Å². The number of nitrogens with zero attached hydrogens (tertiary/aromatic N) is 5. The molecule has 0 aliphatic carbocycles. The Balaban J connectivity index is 1.57. The molecule has 1 unspecified atom stereocenters. The van der Waals surface area contributed by atoms with Crippen molar-refractivity contribution in [3.8, 4) is 5.69 Å². The number of aryl methyl sites for hydroxylation is 2. The highest BCUT2D eigenvalue weighted by molar-refractivity contribution is 7.71. The molecule has 0 amide bonds. The van der Waals surface area contributed by atoms with Gasteiger partial charge in [-0.3, -0.25) is 0 Å². The standard InChI is InChI=1S/C20H22N6S2/c1-13-9-14(2)11-16(10-13)26-20(27)25(22-23-26)12-24(4)15(3)19-21-17-7-5-6-8-18(17)28-19/h5-11,15H,12H2,1-4H3/p+1/t15-/m0/s1. The van der Waals surface area contributed by atoms with Crippen LogP contribution in [0.25, 0.3) is 15.9 Å². The lowest BCUT2D eigenvalue weighted by molar-refractivity contribution is -0.933. The third-order valence-corrected chi connectivity index (χ3v) is 6.51.